The van der Waals surface area contributed by atoms with Crippen LogP contribution >= 0.6 is 0 Å². The highest BCUT2D eigenvalue weighted by Crippen LogP contribution is 2.36. The fraction of sp³-hybridized carbons (Fsp3) is 0.471. The van der Waals surface area contributed by atoms with E-state index in [4.69, 9.17) is 0 Å². The fourth-order valence-electron chi connectivity index (χ4n) is 3.18. The molecule has 1 aliphatic rings. The summed E-state index contributed by atoms with van der Waals surface area (Å²) in [5, 5.41) is 8.16. The Kier molecular flexibility index (Phi) is 3.97. The summed E-state index contributed by atoms with van der Waals surface area (Å²) in [6.07, 6.45) is 2.27. The van der Waals surface area contributed by atoms with Gasteiger partial charge in [-0.05, 0) is 37.9 Å². The summed E-state index contributed by atoms with van der Waals surface area (Å²) < 4.78 is 2.03. The maximum absolute atomic E-state index is 4.64. The number of fused-ring (bicyclic) bond motifs is 1. The van der Waals surface area contributed by atoms with Crippen LogP contribution in [0.5, 0.6) is 0 Å². The summed E-state index contributed by atoms with van der Waals surface area (Å²) in [5.74, 6) is 1.24. The molecule has 1 aromatic carbocycles. The summed E-state index contributed by atoms with van der Waals surface area (Å²) in [6, 6.07) is 8.69. The van der Waals surface area contributed by atoms with Crippen LogP contribution in [0.1, 0.15) is 30.2 Å². The highest BCUT2D eigenvalue weighted by molar-refractivity contribution is 5.70. The van der Waals surface area contributed by atoms with E-state index in [9.17, 15) is 0 Å². The van der Waals surface area contributed by atoms with Crippen molar-refractivity contribution < 1.29 is 0 Å². The van der Waals surface area contributed by atoms with Crippen LogP contribution in [0.2, 0.25) is 0 Å². The normalized spacial score (nSPS) is 13.8. The molecule has 0 amide bonds. The van der Waals surface area contributed by atoms with Gasteiger partial charge in [-0.1, -0.05) is 25.1 Å². The van der Waals surface area contributed by atoms with Crippen LogP contribution in [0.4, 0.5) is 11.5 Å². The summed E-state index contributed by atoms with van der Waals surface area (Å²) >= 11 is 0. The van der Waals surface area contributed by atoms with Crippen molar-refractivity contribution in [3.63, 3.8) is 0 Å². The van der Waals surface area contributed by atoms with Gasteiger partial charge in [-0.3, -0.25) is 4.68 Å². The maximum Gasteiger partial charge on any atom is 0.135 e. The molecule has 0 fully saturated rings. The van der Waals surface area contributed by atoms with Gasteiger partial charge < -0.3 is 10.2 Å². The van der Waals surface area contributed by atoms with Crippen molar-refractivity contribution in [2.24, 2.45) is 7.05 Å². The van der Waals surface area contributed by atoms with E-state index in [1.165, 1.54) is 22.6 Å². The molecular weight excluding hydrogens is 260 g/mol. The summed E-state index contributed by atoms with van der Waals surface area (Å²) in [4.78, 5) is 2.41. The molecule has 0 spiro atoms. The van der Waals surface area contributed by atoms with Crippen molar-refractivity contribution in [1.29, 1.82) is 0 Å². The number of para-hydroxylation sites is 1. The van der Waals surface area contributed by atoms with Gasteiger partial charge in [-0.25, -0.2) is 0 Å². The van der Waals surface area contributed by atoms with Gasteiger partial charge in [-0.2, -0.15) is 5.10 Å². The maximum atomic E-state index is 4.64. The smallest absolute Gasteiger partial charge is 0.135 e. The monoisotopic (exact) mass is 284 g/mol. The summed E-state index contributed by atoms with van der Waals surface area (Å²) in [5.41, 5.74) is 5.21. The lowest BCUT2D eigenvalue weighted by molar-refractivity contribution is 0.672. The Bertz CT molecular complexity index is 630. The van der Waals surface area contributed by atoms with Gasteiger partial charge in [0.15, 0.2) is 0 Å². The number of nitrogens with one attached hydrogen (secondary N) is 1. The molecule has 2 aromatic rings. The Morgan fingerprint density at radius 2 is 2.10 bits per heavy atom. The number of anilines is 2. The molecule has 0 aliphatic carbocycles. The number of aryl methyl sites for hydroxylation is 2. The SMILES string of the molecule is CCCNCc1c(C)nn(C)c1N1CCc2ccccc21. The van der Waals surface area contributed by atoms with E-state index in [1.54, 1.807) is 0 Å². The van der Waals surface area contributed by atoms with Crippen molar-refractivity contribution >= 4 is 11.5 Å². The van der Waals surface area contributed by atoms with Gasteiger partial charge >= 0.3 is 0 Å². The lowest BCUT2D eigenvalue weighted by atomic mass is 10.2. The quantitative estimate of drug-likeness (QED) is 0.857. The Balaban J connectivity index is 1.95. The van der Waals surface area contributed by atoms with Crippen molar-refractivity contribution in [2.75, 3.05) is 18.0 Å². The molecule has 1 N–H and O–H groups in total. The molecule has 112 valence electrons. The van der Waals surface area contributed by atoms with Crippen LogP contribution in [-0.4, -0.2) is 22.9 Å². The molecule has 21 heavy (non-hydrogen) atoms. The number of nitrogens with zero attached hydrogens (tertiary/aromatic N) is 3. The molecule has 3 rings (SSSR count). The zero-order valence-corrected chi connectivity index (χ0v) is 13.2. The van der Waals surface area contributed by atoms with E-state index >= 15 is 0 Å². The van der Waals surface area contributed by atoms with E-state index in [0.717, 1.165) is 38.2 Å². The lowest BCUT2D eigenvalue weighted by Gasteiger charge is -2.21. The molecule has 0 unspecified atom stereocenters. The highest BCUT2D eigenvalue weighted by atomic mass is 15.4. The molecule has 1 aliphatic heterocycles. The second kappa shape index (κ2) is 5.90. The lowest BCUT2D eigenvalue weighted by Crippen LogP contribution is -2.21. The van der Waals surface area contributed by atoms with Gasteiger partial charge in [0.05, 0.1) is 5.69 Å². The molecule has 4 heteroatoms. The van der Waals surface area contributed by atoms with Crippen LogP contribution in [-0.2, 0) is 20.0 Å². The number of rotatable bonds is 5. The predicted molar refractivity (Wildman–Crippen MR) is 87.1 cm³/mol. The number of aromatic nitrogens is 2. The third-order valence-corrected chi connectivity index (χ3v) is 4.18. The molecule has 0 saturated heterocycles. The second-order valence-corrected chi connectivity index (χ2v) is 5.72. The zero-order valence-electron chi connectivity index (χ0n) is 13.2. The first-order valence-electron chi connectivity index (χ1n) is 7.81. The first-order chi connectivity index (χ1) is 10.2. The third kappa shape index (κ3) is 2.56. The van der Waals surface area contributed by atoms with Gasteiger partial charge in [0.2, 0.25) is 0 Å². The Morgan fingerprint density at radius 3 is 2.90 bits per heavy atom. The number of hydrogen-bond donors (Lipinski definition) is 1. The molecule has 0 bridgehead atoms. The van der Waals surface area contributed by atoms with E-state index in [1.807, 2.05) is 11.7 Å². The van der Waals surface area contributed by atoms with Crippen LogP contribution in [0.3, 0.4) is 0 Å². The standard InChI is InChI=1S/C17H24N4/c1-4-10-18-12-15-13(2)19-20(3)17(15)21-11-9-14-7-5-6-8-16(14)21/h5-8,18H,4,9-12H2,1-3H3. The average molecular weight is 284 g/mol. The minimum Gasteiger partial charge on any atom is -0.326 e. The predicted octanol–water partition coefficient (Wildman–Crippen LogP) is 2.92. The van der Waals surface area contributed by atoms with Crippen LogP contribution in [0, 0.1) is 6.92 Å². The fourth-order valence-corrected chi connectivity index (χ4v) is 3.18. The van der Waals surface area contributed by atoms with Crippen LogP contribution < -0.4 is 10.2 Å². The number of benzene rings is 1. The van der Waals surface area contributed by atoms with E-state index in [0.29, 0.717) is 0 Å². The second-order valence-electron chi connectivity index (χ2n) is 5.72. The van der Waals surface area contributed by atoms with E-state index < -0.39 is 0 Å². The molecule has 1 aromatic heterocycles. The molecular formula is C17H24N4. The van der Waals surface area contributed by atoms with Gasteiger partial charge in [0.25, 0.3) is 0 Å². The van der Waals surface area contributed by atoms with Gasteiger partial charge in [0, 0.05) is 31.4 Å². The van der Waals surface area contributed by atoms with Crippen molar-refractivity contribution in [2.45, 2.75) is 33.2 Å². The van der Waals surface area contributed by atoms with E-state index in [2.05, 4.69) is 53.4 Å². The van der Waals surface area contributed by atoms with E-state index in [-0.39, 0.29) is 0 Å². The molecule has 0 saturated carbocycles. The van der Waals surface area contributed by atoms with Crippen molar-refractivity contribution in [3.8, 4) is 0 Å². The Labute approximate surface area is 126 Å². The summed E-state index contributed by atoms with van der Waals surface area (Å²) in [7, 11) is 2.05. The number of hydrogen-bond acceptors (Lipinski definition) is 3. The Hall–Kier alpha value is -1.81. The molecule has 2 heterocycles. The molecule has 0 atom stereocenters. The minimum atomic E-state index is 0.890. The van der Waals surface area contributed by atoms with Gasteiger partial charge in [0.1, 0.15) is 5.82 Å². The van der Waals surface area contributed by atoms with Crippen LogP contribution in [0.15, 0.2) is 24.3 Å². The largest absolute Gasteiger partial charge is 0.326 e. The van der Waals surface area contributed by atoms with Crippen molar-refractivity contribution in [3.05, 3.63) is 41.1 Å². The minimum absolute atomic E-state index is 0.890. The van der Waals surface area contributed by atoms with Crippen molar-refractivity contribution in [1.82, 2.24) is 15.1 Å². The molecule has 4 nitrogen and oxygen atoms in total. The van der Waals surface area contributed by atoms with Crippen LogP contribution in [0.25, 0.3) is 0 Å². The van der Waals surface area contributed by atoms with Gasteiger partial charge in [-0.15, -0.1) is 0 Å². The molecule has 0 radical (unpaired) electrons. The Morgan fingerprint density at radius 1 is 1.29 bits per heavy atom. The first-order valence-corrected chi connectivity index (χ1v) is 7.81. The summed E-state index contributed by atoms with van der Waals surface area (Å²) in [6.45, 7) is 7.28. The third-order valence-electron chi connectivity index (χ3n) is 4.18. The highest BCUT2D eigenvalue weighted by Gasteiger charge is 2.25. The topological polar surface area (TPSA) is 33.1 Å². The first kappa shape index (κ1) is 14.1. The average Bonchev–Trinajstić information content (AvgIpc) is 3.01. The zero-order chi connectivity index (χ0) is 14.8.